The summed E-state index contributed by atoms with van der Waals surface area (Å²) in [6.07, 6.45) is 10.9. The summed E-state index contributed by atoms with van der Waals surface area (Å²) in [6, 6.07) is 90.2. The second-order valence-corrected chi connectivity index (χ2v) is 31.5. The molecule has 0 spiro atoms. The number of fused-ring (bicyclic) bond motifs is 6. The SMILES string of the molecule is C=CC(=O)Cc1cc(-c2n[nH]c3ccccc23)ccn1.C=CC(=O)Cc1cc(C#N)cc(-c2n[nH]c3cc(C)ccc23)c1.C=CC(=O)Cc1cc(C(=O)O)cc(-c2n[nH]c3ccccc23)c1.C=CC(=O)Cc1cccc(-c2n[nH]c3cc(C)ccc23)c1.C=CC(=O)Cc1cccc(-c2n[nH]c3cc(C)ccc23)c1.C=CC(=O)Nc1cccc(-c2n[nH]c3cc(-c4ccccc4)ccc23)c1. The third-order valence-electron chi connectivity index (χ3n) is 21.8. The van der Waals surface area contributed by atoms with Crippen LogP contribution in [-0.4, -0.2) is 112 Å². The number of nitrogens with one attached hydrogen (secondary N) is 7. The van der Waals surface area contributed by atoms with Crippen molar-refractivity contribution in [2.45, 2.75) is 52.9 Å². The molecule has 0 bridgehead atoms. The number of hydrogen-bond donors (Lipinski definition) is 8. The number of nitriles is 1. The lowest BCUT2D eigenvalue weighted by molar-refractivity contribution is -0.114. The van der Waals surface area contributed by atoms with E-state index in [0.717, 1.165) is 155 Å². The Bertz CT molecular complexity index is 7640. The standard InChI is InChI=1S/C22H17N3O.C19H15N3O.C18H14N2O3.2C18H16N2O.C16H13N3O/c1-2-21(26)23-18-10-6-9-17(13-18)22-19-12-11-16(14-20(19)24-25-22)15-7-4-3-5-8-15;1-3-16(23)10-13-7-14(11-20)9-15(8-13)19-17-5-4-12(2)6-18(17)21-22-19;1-2-14(21)9-11-7-12(10-13(8-11)18(22)23)17-15-5-3-4-6-16(15)19-20-17;2*1-3-15(21)11-13-5-4-6-14(10-13)18-16-8-7-12(2)9-17(16)19-20-18;1-2-13(20)10-12-9-11(7-8-17-12)16-14-5-3-4-6-15(14)18-19-16/h2-14H,1H2,(H,23,26)(H,24,25);3-9H,1,10H2,2H3,(H,21,22);2-8,10H,1,9H2,(H,19,20)(H,22,23);2*3-10H,1,11H2,2H3,(H,19,20);2-9H,1,10H2,(H,18,19). The van der Waals surface area contributed by atoms with E-state index in [1.807, 2.05) is 183 Å². The first-order valence-electron chi connectivity index (χ1n) is 42.7. The fraction of sp³-hybridized carbons (Fsp3) is 0.0721. The first-order chi connectivity index (χ1) is 65.0. The number of para-hydroxylation sites is 2. The highest BCUT2D eigenvalue weighted by Crippen LogP contribution is 2.36. The minimum atomic E-state index is -1.04. The number of anilines is 1. The number of nitrogens with zero attached hydrogens (tertiary/aromatic N) is 8. The number of carbonyl (C=O) groups excluding carboxylic acids is 6. The molecule has 7 heterocycles. The summed E-state index contributed by atoms with van der Waals surface area (Å²) in [5, 5.41) is 72.0. The molecule has 0 fully saturated rings. The first kappa shape index (κ1) is 92.0. The van der Waals surface area contributed by atoms with Gasteiger partial charge in [0.25, 0.3) is 0 Å². The van der Waals surface area contributed by atoms with Crippen LogP contribution in [0.5, 0.6) is 0 Å². The van der Waals surface area contributed by atoms with Crippen molar-refractivity contribution in [3.05, 3.63) is 411 Å². The number of pyridine rings is 1. The Morgan fingerprint density at radius 2 is 0.687 bits per heavy atom. The molecule has 23 nitrogen and oxygen atoms in total. The molecule has 658 valence electrons. The maximum Gasteiger partial charge on any atom is 0.335 e. The van der Waals surface area contributed by atoms with Crippen LogP contribution in [0.15, 0.2) is 355 Å². The number of aryl methyl sites for hydroxylation is 3. The molecule has 0 atom stereocenters. The number of aromatic nitrogens is 13. The van der Waals surface area contributed by atoms with Gasteiger partial charge < -0.3 is 10.4 Å². The number of carboxylic acid groups (broad SMARTS) is 1. The molecule has 0 radical (unpaired) electrons. The number of rotatable bonds is 25. The number of aromatic amines is 6. The van der Waals surface area contributed by atoms with Crippen molar-refractivity contribution in [2.75, 3.05) is 5.32 Å². The van der Waals surface area contributed by atoms with Crippen LogP contribution < -0.4 is 5.32 Å². The fourth-order valence-corrected chi connectivity index (χ4v) is 15.2. The van der Waals surface area contributed by atoms with Gasteiger partial charge >= 0.3 is 5.97 Å². The zero-order valence-electron chi connectivity index (χ0n) is 73.7. The topological polar surface area (TPSA) is 361 Å². The van der Waals surface area contributed by atoms with E-state index in [1.165, 1.54) is 59.2 Å². The lowest BCUT2D eigenvalue weighted by atomic mass is 9.98. The predicted molar refractivity (Wildman–Crippen MR) is 532 cm³/mol. The number of carboxylic acids is 1. The summed E-state index contributed by atoms with van der Waals surface area (Å²) in [6.45, 7) is 27.0. The Labute approximate surface area is 771 Å². The molecule has 8 N–H and O–H groups in total. The molecule has 0 saturated carbocycles. The van der Waals surface area contributed by atoms with Gasteiger partial charge in [-0.2, -0.15) is 35.9 Å². The Balaban J connectivity index is 0.000000129. The molecule has 23 heteroatoms. The van der Waals surface area contributed by atoms with E-state index in [4.69, 9.17) is 0 Å². The third kappa shape index (κ3) is 22.9. The molecule has 12 aromatic carbocycles. The zero-order chi connectivity index (χ0) is 94.3. The number of allylic oxidation sites excluding steroid dienone is 5. The summed E-state index contributed by atoms with van der Waals surface area (Å²) in [7, 11) is 0. The second kappa shape index (κ2) is 43.1. The van der Waals surface area contributed by atoms with Crippen LogP contribution in [0.4, 0.5) is 5.69 Å². The summed E-state index contributed by atoms with van der Waals surface area (Å²) < 4.78 is 0. The minimum absolute atomic E-state index is 0.0228. The van der Waals surface area contributed by atoms with Crippen LogP contribution >= 0.6 is 0 Å². The number of benzene rings is 12. The van der Waals surface area contributed by atoms with Gasteiger partial charge in [-0.15, -0.1) is 0 Å². The normalized spacial score (nSPS) is 10.6. The highest BCUT2D eigenvalue weighted by atomic mass is 16.4. The van der Waals surface area contributed by atoms with E-state index >= 15 is 0 Å². The molecule has 1 amide bonds. The van der Waals surface area contributed by atoms with Crippen LogP contribution in [0.3, 0.4) is 0 Å². The molecule has 19 aromatic rings. The quantitative estimate of drug-likeness (QED) is 0.0246. The summed E-state index contributed by atoms with van der Waals surface area (Å²) in [4.78, 5) is 84.7. The van der Waals surface area contributed by atoms with Crippen molar-refractivity contribution in [1.29, 1.82) is 5.26 Å². The van der Waals surface area contributed by atoms with E-state index < -0.39 is 5.97 Å². The lowest BCUT2D eigenvalue weighted by Gasteiger charge is -2.06. The maximum atomic E-state index is 11.6. The van der Waals surface area contributed by atoms with Crippen LogP contribution in [0, 0.1) is 32.1 Å². The molecule has 134 heavy (non-hydrogen) atoms. The highest BCUT2D eigenvalue weighted by Gasteiger charge is 2.20. The Hall–Kier alpha value is -18.2. The van der Waals surface area contributed by atoms with Gasteiger partial charge in [-0.05, 0) is 223 Å². The fourth-order valence-electron chi connectivity index (χ4n) is 15.2. The summed E-state index contributed by atoms with van der Waals surface area (Å²) in [5.74, 6) is -1.51. The lowest BCUT2D eigenvalue weighted by Crippen LogP contribution is -2.06. The van der Waals surface area contributed by atoms with Crippen LogP contribution in [0.25, 0.3) is 144 Å². The van der Waals surface area contributed by atoms with Crippen molar-refractivity contribution in [1.82, 2.24) is 66.2 Å². The molecular weight excluding hydrogens is 1670 g/mol. The average molecular weight is 1760 g/mol. The van der Waals surface area contributed by atoms with E-state index in [1.54, 1.807) is 30.5 Å². The van der Waals surface area contributed by atoms with Crippen LogP contribution in [-0.2, 0) is 60.9 Å². The first-order valence-corrected chi connectivity index (χ1v) is 42.7. The van der Waals surface area contributed by atoms with Gasteiger partial charge in [0.15, 0.2) is 28.9 Å². The molecule has 0 aliphatic heterocycles. The van der Waals surface area contributed by atoms with Crippen molar-refractivity contribution < 1.29 is 38.7 Å². The molecule has 0 aliphatic carbocycles. The largest absolute Gasteiger partial charge is 0.478 e. The molecular formula is C111H91N15O8. The van der Waals surface area contributed by atoms with Gasteiger partial charge in [0.1, 0.15) is 5.69 Å². The Morgan fingerprint density at radius 3 is 1.14 bits per heavy atom. The predicted octanol–water partition coefficient (Wildman–Crippen LogP) is 22.5. The number of ketones is 5. The highest BCUT2D eigenvalue weighted by molar-refractivity contribution is 6.03. The van der Waals surface area contributed by atoms with Gasteiger partial charge in [0, 0.05) is 109 Å². The van der Waals surface area contributed by atoms with Gasteiger partial charge in [-0.3, -0.25) is 64.3 Å². The molecule has 7 aromatic heterocycles. The van der Waals surface area contributed by atoms with Crippen molar-refractivity contribution in [3.8, 4) is 84.7 Å². The van der Waals surface area contributed by atoms with E-state index in [9.17, 15) is 43.9 Å². The number of amides is 1. The Morgan fingerprint density at radius 1 is 0.321 bits per heavy atom. The molecule has 19 rings (SSSR count). The maximum absolute atomic E-state index is 11.6. The number of carbonyl (C=O) groups is 7. The zero-order valence-corrected chi connectivity index (χ0v) is 73.7. The number of hydrogen-bond acceptors (Lipinski definition) is 15. The van der Waals surface area contributed by atoms with E-state index in [2.05, 4.69) is 198 Å². The van der Waals surface area contributed by atoms with Crippen LogP contribution in [0.2, 0.25) is 0 Å². The number of aromatic carboxylic acids is 1. The van der Waals surface area contributed by atoms with Crippen molar-refractivity contribution in [2.24, 2.45) is 0 Å². The van der Waals surface area contributed by atoms with Gasteiger partial charge in [-0.1, -0.05) is 197 Å². The van der Waals surface area contributed by atoms with Gasteiger partial charge in [0.05, 0.1) is 85.2 Å². The smallest absolute Gasteiger partial charge is 0.335 e. The van der Waals surface area contributed by atoms with E-state index in [0.29, 0.717) is 40.9 Å². The molecule has 0 unspecified atom stereocenters. The minimum Gasteiger partial charge on any atom is -0.478 e. The van der Waals surface area contributed by atoms with Crippen molar-refractivity contribution >= 4 is 112 Å². The monoisotopic (exact) mass is 1760 g/mol. The molecule has 0 aliphatic rings. The number of H-pyrrole nitrogens is 6. The average Bonchev–Trinajstić information content (AvgIpc) is 1.83. The molecule has 0 saturated heterocycles. The second-order valence-electron chi connectivity index (χ2n) is 31.5. The van der Waals surface area contributed by atoms with Gasteiger partial charge in [0.2, 0.25) is 5.91 Å². The third-order valence-corrected chi connectivity index (χ3v) is 21.8. The van der Waals surface area contributed by atoms with Gasteiger partial charge in [-0.25, -0.2) is 4.79 Å². The van der Waals surface area contributed by atoms with Crippen molar-refractivity contribution in [3.63, 3.8) is 0 Å². The van der Waals surface area contributed by atoms with E-state index in [-0.39, 0.29) is 59.6 Å². The Kier molecular flexibility index (Phi) is 29.6. The summed E-state index contributed by atoms with van der Waals surface area (Å²) >= 11 is 0. The van der Waals surface area contributed by atoms with Crippen LogP contribution in [0.1, 0.15) is 60.6 Å². The summed E-state index contributed by atoms with van der Waals surface area (Å²) in [5.41, 5.74) is 27.5.